The molecule has 1 saturated carbocycles. The van der Waals surface area contributed by atoms with Crippen LogP contribution in [0.4, 0.5) is 5.82 Å². The van der Waals surface area contributed by atoms with Crippen LogP contribution in [-0.2, 0) is 0 Å². The third-order valence-electron chi connectivity index (χ3n) is 3.21. The molecule has 2 rings (SSSR count). The molecule has 82 valence electrons. The summed E-state index contributed by atoms with van der Waals surface area (Å²) in [7, 11) is 0. The number of hydrogen-bond acceptors (Lipinski definition) is 3. The van der Waals surface area contributed by atoms with E-state index in [0.29, 0.717) is 16.7 Å². The third-order valence-corrected chi connectivity index (χ3v) is 3.39. The Kier molecular flexibility index (Phi) is 2.83. The fraction of sp³-hybridized carbons (Fsp3) is 0.636. The maximum atomic E-state index is 5.74. The van der Waals surface area contributed by atoms with E-state index in [2.05, 4.69) is 29.1 Å². The lowest BCUT2D eigenvalue weighted by molar-refractivity contribution is 0.349. The monoisotopic (exact) mass is 225 g/mol. The van der Waals surface area contributed by atoms with Crippen LogP contribution >= 0.6 is 11.6 Å². The molecule has 1 aromatic rings. The summed E-state index contributed by atoms with van der Waals surface area (Å²) in [6.45, 7) is 4.58. The van der Waals surface area contributed by atoms with Crippen LogP contribution in [0.2, 0.25) is 5.28 Å². The van der Waals surface area contributed by atoms with E-state index in [4.69, 9.17) is 11.6 Å². The Morgan fingerprint density at radius 1 is 1.53 bits per heavy atom. The van der Waals surface area contributed by atoms with Crippen molar-refractivity contribution < 1.29 is 0 Å². The standard InChI is InChI=1S/C11H16ClN3/c1-11(2)6-3-4-8(11)14-9-5-7-13-10(12)15-9/h5,7-8H,3-4,6H2,1-2H3,(H,13,14,15). The first kappa shape index (κ1) is 10.7. The first-order valence-corrected chi connectivity index (χ1v) is 5.71. The highest BCUT2D eigenvalue weighted by Gasteiger charge is 2.34. The molecule has 1 aliphatic carbocycles. The Morgan fingerprint density at radius 2 is 2.33 bits per heavy atom. The predicted molar refractivity (Wildman–Crippen MR) is 62.1 cm³/mol. The van der Waals surface area contributed by atoms with Gasteiger partial charge in [0.2, 0.25) is 5.28 Å². The molecular formula is C11H16ClN3. The predicted octanol–water partition coefficient (Wildman–Crippen LogP) is 3.12. The summed E-state index contributed by atoms with van der Waals surface area (Å²) in [6.07, 6.45) is 5.43. The van der Waals surface area contributed by atoms with Crippen molar-refractivity contribution in [2.45, 2.75) is 39.2 Å². The Hall–Kier alpha value is -0.830. The summed E-state index contributed by atoms with van der Waals surface area (Å²) in [5, 5.41) is 3.74. The van der Waals surface area contributed by atoms with Crippen molar-refractivity contribution in [3.05, 3.63) is 17.5 Å². The fourth-order valence-corrected chi connectivity index (χ4v) is 2.34. The SMILES string of the molecule is CC1(C)CCCC1Nc1ccnc(Cl)n1. The van der Waals surface area contributed by atoms with Crippen molar-refractivity contribution in [2.24, 2.45) is 5.41 Å². The highest BCUT2D eigenvalue weighted by atomic mass is 35.5. The number of halogens is 1. The minimum absolute atomic E-state index is 0.302. The Morgan fingerprint density at radius 3 is 2.93 bits per heavy atom. The van der Waals surface area contributed by atoms with Crippen LogP contribution < -0.4 is 5.32 Å². The van der Waals surface area contributed by atoms with Gasteiger partial charge < -0.3 is 5.32 Å². The van der Waals surface area contributed by atoms with Crippen molar-refractivity contribution in [3.63, 3.8) is 0 Å². The molecule has 0 aliphatic heterocycles. The zero-order valence-electron chi connectivity index (χ0n) is 9.13. The quantitative estimate of drug-likeness (QED) is 0.786. The van der Waals surface area contributed by atoms with Crippen LogP contribution in [0, 0.1) is 5.41 Å². The van der Waals surface area contributed by atoms with Crippen LogP contribution in [0.5, 0.6) is 0 Å². The zero-order chi connectivity index (χ0) is 10.9. The average molecular weight is 226 g/mol. The van der Waals surface area contributed by atoms with Crippen molar-refractivity contribution in [3.8, 4) is 0 Å². The average Bonchev–Trinajstić information content (AvgIpc) is 2.46. The fourth-order valence-electron chi connectivity index (χ4n) is 2.19. The number of nitrogens with one attached hydrogen (secondary N) is 1. The van der Waals surface area contributed by atoms with Gasteiger partial charge in [-0.15, -0.1) is 0 Å². The largest absolute Gasteiger partial charge is 0.367 e. The molecule has 1 heterocycles. The molecule has 0 radical (unpaired) electrons. The smallest absolute Gasteiger partial charge is 0.224 e. The minimum atomic E-state index is 0.302. The molecule has 1 atom stereocenters. The number of rotatable bonds is 2. The van der Waals surface area contributed by atoms with Gasteiger partial charge in [0.15, 0.2) is 0 Å². The maximum absolute atomic E-state index is 5.74. The Bertz CT molecular complexity index is 351. The topological polar surface area (TPSA) is 37.8 Å². The number of aromatic nitrogens is 2. The molecule has 0 saturated heterocycles. The van der Waals surface area contributed by atoms with Crippen LogP contribution in [-0.4, -0.2) is 16.0 Å². The third kappa shape index (κ3) is 2.40. The van der Waals surface area contributed by atoms with Crippen molar-refractivity contribution >= 4 is 17.4 Å². The highest BCUT2D eigenvalue weighted by molar-refractivity contribution is 6.28. The van der Waals surface area contributed by atoms with Crippen molar-refractivity contribution in [1.29, 1.82) is 0 Å². The molecule has 3 nitrogen and oxygen atoms in total. The van der Waals surface area contributed by atoms with Gasteiger partial charge in [-0.25, -0.2) is 9.97 Å². The lowest BCUT2D eigenvalue weighted by Gasteiger charge is -2.28. The van der Waals surface area contributed by atoms with Crippen molar-refractivity contribution in [2.75, 3.05) is 5.32 Å². The number of hydrogen-bond donors (Lipinski definition) is 1. The van der Waals surface area contributed by atoms with Gasteiger partial charge in [0.05, 0.1) is 0 Å². The molecule has 1 N–H and O–H groups in total. The summed E-state index contributed by atoms with van der Waals surface area (Å²) >= 11 is 5.74. The second-order valence-electron chi connectivity index (χ2n) is 4.79. The molecule has 1 aliphatic rings. The van der Waals surface area contributed by atoms with Crippen molar-refractivity contribution in [1.82, 2.24) is 9.97 Å². The normalized spacial score (nSPS) is 24.1. The zero-order valence-corrected chi connectivity index (χ0v) is 9.88. The first-order chi connectivity index (χ1) is 7.08. The van der Waals surface area contributed by atoms with Gasteiger partial charge in [0, 0.05) is 12.2 Å². The van der Waals surface area contributed by atoms with Crippen LogP contribution in [0.15, 0.2) is 12.3 Å². The van der Waals surface area contributed by atoms with Gasteiger partial charge in [-0.1, -0.05) is 20.3 Å². The van der Waals surface area contributed by atoms with Gasteiger partial charge in [-0.05, 0) is 35.9 Å². The van der Waals surface area contributed by atoms with E-state index in [0.717, 1.165) is 5.82 Å². The summed E-state index contributed by atoms with van der Waals surface area (Å²) < 4.78 is 0. The Labute approximate surface area is 95.3 Å². The summed E-state index contributed by atoms with van der Waals surface area (Å²) in [5.74, 6) is 0.829. The minimum Gasteiger partial charge on any atom is -0.367 e. The second-order valence-corrected chi connectivity index (χ2v) is 5.13. The van der Waals surface area contributed by atoms with E-state index in [-0.39, 0.29) is 0 Å². The van der Waals surface area contributed by atoms with Crippen LogP contribution in [0.25, 0.3) is 0 Å². The molecule has 1 aromatic heterocycles. The Balaban J connectivity index is 2.09. The first-order valence-electron chi connectivity index (χ1n) is 5.33. The van der Waals surface area contributed by atoms with E-state index in [9.17, 15) is 0 Å². The summed E-state index contributed by atoms with van der Waals surface area (Å²) in [6, 6.07) is 2.35. The van der Waals surface area contributed by atoms with Gasteiger partial charge in [-0.2, -0.15) is 0 Å². The van der Waals surface area contributed by atoms with E-state index in [1.165, 1.54) is 19.3 Å². The van der Waals surface area contributed by atoms with Crippen LogP contribution in [0.1, 0.15) is 33.1 Å². The highest BCUT2D eigenvalue weighted by Crippen LogP contribution is 2.38. The molecule has 1 unspecified atom stereocenters. The molecule has 1 fully saturated rings. The molecule has 15 heavy (non-hydrogen) atoms. The van der Waals surface area contributed by atoms with Gasteiger partial charge in [0.1, 0.15) is 5.82 Å². The molecule has 0 bridgehead atoms. The van der Waals surface area contributed by atoms with E-state index < -0.39 is 0 Å². The summed E-state index contributed by atoms with van der Waals surface area (Å²) in [4.78, 5) is 8.01. The number of nitrogens with zero attached hydrogens (tertiary/aromatic N) is 2. The molecule has 0 aromatic carbocycles. The molecule has 0 amide bonds. The lowest BCUT2D eigenvalue weighted by atomic mass is 9.87. The number of anilines is 1. The van der Waals surface area contributed by atoms with Gasteiger partial charge >= 0.3 is 0 Å². The summed E-state index contributed by atoms with van der Waals surface area (Å²) in [5.41, 5.74) is 0.345. The molecule has 4 heteroatoms. The second kappa shape index (κ2) is 3.97. The molecule has 0 spiro atoms. The van der Waals surface area contributed by atoms with Gasteiger partial charge in [0.25, 0.3) is 0 Å². The van der Waals surface area contributed by atoms with Gasteiger partial charge in [-0.3, -0.25) is 0 Å². The van der Waals surface area contributed by atoms with E-state index in [1.54, 1.807) is 6.20 Å². The van der Waals surface area contributed by atoms with E-state index in [1.807, 2.05) is 6.07 Å². The maximum Gasteiger partial charge on any atom is 0.224 e. The lowest BCUT2D eigenvalue weighted by Crippen LogP contribution is -2.31. The van der Waals surface area contributed by atoms with E-state index >= 15 is 0 Å². The molecular weight excluding hydrogens is 210 g/mol. The van der Waals surface area contributed by atoms with Crippen LogP contribution in [0.3, 0.4) is 0 Å².